The van der Waals surface area contributed by atoms with Crippen molar-refractivity contribution in [1.82, 2.24) is 4.90 Å². The van der Waals surface area contributed by atoms with Gasteiger partial charge in [-0.25, -0.2) is 0 Å². The molecule has 5 heteroatoms. The summed E-state index contributed by atoms with van der Waals surface area (Å²) in [5.41, 5.74) is 0.743. The van der Waals surface area contributed by atoms with E-state index in [0.717, 1.165) is 24.4 Å². The van der Waals surface area contributed by atoms with E-state index in [9.17, 15) is 4.79 Å². The van der Waals surface area contributed by atoms with Gasteiger partial charge in [0.05, 0.1) is 19.8 Å². The van der Waals surface area contributed by atoms with Gasteiger partial charge in [0.1, 0.15) is 0 Å². The second-order valence-electron chi connectivity index (χ2n) is 6.68. The molecule has 0 fully saturated rings. The smallest absolute Gasteiger partial charge is 0.238 e. The molecular weight excluding hydrogens is 292 g/mol. The molecule has 128 valence electrons. The highest BCUT2D eigenvalue weighted by Gasteiger charge is 2.16. The molecule has 23 heavy (non-hydrogen) atoms. The van der Waals surface area contributed by atoms with Crippen molar-refractivity contribution in [3.8, 4) is 11.5 Å². The van der Waals surface area contributed by atoms with E-state index in [-0.39, 0.29) is 5.91 Å². The van der Waals surface area contributed by atoms with Crippen LogP contribution in [0.25, 0.3) is 0 Å². The summed E-state index contributed by atoms with van der Waals surface area (Å²) in [5.74, 6) is 1.96. The molecule has 2 rings (SSSR count). The fourth-order valence-corrected chi connectivity index (χ4v) is 2.55. The molecule has 0 aromatic heterocycles. The van der Waals surface area contributed by atoms with Crippen LogP contribution in [0.5, 0.6) is 11.5 Å². The van der Waals surface area contributed by atoms with Gasteiger partial charge in [0.25, 0.3) is 0 Å². The molecule has 1 amide bonds. The summed E-state index contributed by atoms with van der Waals surface area (Å²) in [6.07, 6.45) is 0.870. The Hall–Kier alpha value is -1.75. The minimum absolute atomic E-state index is 0.00570. The fraction of sp³-hybridized carbons (Fsp3) is 0.611. The fourth-order valence-electron chi connectivity index (χ4n) is 2.55. The zero-order valence-electron chi connectivity index (χ0n) is 14.6. The number of carbonyl (C=O) groups is 1. The molecule has 0 bridgehead atoms. The van der Waals surface area contributed by atoms with Gasteiger partial charge in [-0.3, -0.25) is 9.69 Å². The van der Waals surface area contributed by atoms with E-state index in [1.807, 2.05) is 18.2 Å². The van der Waals surface area contributed by atoms with Gasteiger partial charge in [-0.1, -0.05) is 13.8 Å². The summed E-state index contributed by atoms with van der Waals surface area (Å²) in [4.78, 5) is 14.5. The summed E-state index contributed by atoms with van der Waals surface area (Å²) in [7, 11) is 0. The molecule has 1 aromatic carbocycles. The van der Waals surface area contributed by atoms with Crippen LogP contribution in [0.3, 0.4) is 0 Å². The third-order valence-electron chi connectivity index (χ3n) is 3.71. The third-order valence-corrected chi connectivity index (χ3v) is 3.71. The molecule has 0 saturated heterocycles. The first kappa shape index (κ1) is 17.6. The molecule has 1 aromatic rings. The number of fused-ring (bicyclic) bond motifs is 1. The molecule has 0 saturated carbocycles. The van der Waals surface area contributed by atoms with E-state index in [1.165, 1.54) is 0 Å². The number of ether oxygens (including phenoxy) is 2. The Bertz CT molecular complexity index is 529. The van der Waals surface area contributed by atoms with E-state index in [4.69, 9.17) is 9.47 Å². The number of benzene rings is 1. The summed E-state index contributed by atoms with van der Waals surface area (Å²) >= 11 is 0. The maximum atomic E-state index is 12.3. The van der Waals surface area contributed by atoms with Crippen molar-refractivity contribution in [3.63, 3.8) is 0 Å². The van der Waals surface area contributed by atoms with Crippen LogP contribution in [0.15, 0.2) is 18.2 Å². The van der Waals surface area contributed by atoms with Gasteiger partial charge in [-0.2, -0.15) is 0 Å². The van der Waals surface area contributed by atoms with Crippen LogP contribution in [0.4, 0.5) is 5.69 Å². The van der Waals surface area contributed by atoms with Crippen LogP contribution >= 0.6 is 0 Å². The zero-order chi connectivity index (χ0) is 16.8. The molecule has 0 atom stereocenters. The molecule has 0 spiro atoms. The lowest BCUT2D eigenvalue weighted by Crippen LogP contribution is -2.40. The molecule has 1 aliphatic rings. The van der Waals surface area contributed by atoms with Crippen LogP contribution in [-0.2, 0) is 4.79 Å². The second-order valence-corrected chi connectivity index (χ2v) is 6.68. The average molecular weight is 320 g/mol. The van der Waals surface area contributed by atoms with E-state index < -0.39 is 0 Å². The second kappa shape index (κ2) is 8.20. The number of nitrogens with one attached hydrogen (secondary N) is 1. The van der Waals surface area contributed by atoms with E-state index in [1.54, 1.807) is 0 Å². The number of nitrogens with zero attached hydrogens (tertiary/aromatic N) is 1. The Morgan fingerprint density at radius 1 is 1.17 bits per heavy atom. The zero-order valence-corrected chi connectivity index (χ0v) is 14.6. The van der Waals surface area contributed by atoms with Crippen molar-refractivity contribution in [3.05, 3.63) is 18.2 Å². The van der Waals surface area contributed by atoms with Gasteiger partial charge < -0.3 is 14.8 Å². The standard InChI is InChI=1S/C18H28N2O3/c1-13(2)11-20(14(3)4)12-18(21)19-15-6-7-16-17(10-15)23-9-5-8-22-16/h6-7,10,13-14H,5,8-9,11-12H2,1-4H3,(H,19,21). The van der Waals surface area contributed by atoms with E-state index in [2.05, 4.69) is 37.9 Å². The molecule has 5 nitrogen and oxygen atoms in total. The van der Waals surface area contributed by atoms with Gasteiger partial charge in [0.15, 0.2) is 11.5 Å². The van der Waals surface area contributed by atoms with Crippen LogP contribution in [0, 0.1) is 5.92 Å². The monoisotopic (exact) mass is 320 g/mol. The van der Waals surface area contributed by atoms with Crippen molar-refractivity contribution in [2.75, 3.05) is 31.6 Å². The number of hydrogen-bond acceptors (Lipinski definition) is 4. The number of rotatable bonds is 6. The predicted molar refractivity (Wildman–Crippen MR) is 92.2 cm³/mol. The summed E-state index contributed by atoms with van der Waals surface area (Å²) in [6, 6.07) is 5.88. The maximum absolute atomic E-state index is 12.3. The quantitative estimate of drug-likeness (QED) is 0.875. The molecule has 0 aliphatic carbocycles. The highest BCUT2D eigenvalue weighted by Crippen LogP contribution is 2.32. The largest absolute Gasteiger partial charge is 0.490 e. The van der Waals surface area contributed by atoms with Crippen LogP contribution in [0.2, 0.25) is 0 Å². The molecular formula is C18H28N2O3. The van der Waals surface area contributed by atoms with Crippen molar-refractivity contribution in [2.24, 2.45) is 5.92 Å². The van der Waals surface area contributed by atoms with E-state index >= 15 is 0 Å². The topological polar surface area (TPSA) is 50.8 Å². The van der Waals surface area contributed by atoms with Crippen molar-refractivity contribution < 1.29 is 14.3 Å². The SMILES string of the molecule is CC(C)CN(CC(=O)Nc1ccc2c(c1)OCCCO2)C(C)C. The van der Waals surface area contributed by atoms with Crippen LogP contribution < -0.4 is 14.8 Å². The number of anilines is 1. The van der Waals surface area contributed by atoms with Gasteiger partial charge in [-0.05, 0) is 31.9 Å². The van der Waals surface area contributed by atoms with Crippen molar-refractivity contribution >= 4 is 11.6 Å². The third kappa shape index (κ3) is 5.43. The Labute approximate surface area is 139 Å². The minimum Gasteiger partial charge on any atom is -0.490 e. The van der Waals surface area contributed by atoms with Gasteiger partial charge in [0, 0.05) is 30.8 Å². The first-order valence-electron chi connectivity index (χ1n) is 8.39. The Balaban J connectivity index is 1.98. The highest BCUT2D eigenvalue weighted by atomic mass is 16.5. The lowest BCUT2D eigenvalue weighted by molar-refractivity contribution is -0.117. The van der Waals surface area contributed by atoms with Crippen LogP contribution in [0.1, 0.15) is 34.1 Å². The molecule has 1 heterocycles. The Morgan fingerprint density at radius 2 is 1.87 bits per heavy atom. The average Bonchev–Trinajstić information content (AvgIpc) is 2.70. The number of hydrogen-bond donors (Lipinski definition) is 1. The van der Waals surface area contributed by atoms with Crippen LogP contribution in [-0.4, -0.2) is 43.2 Å². The minimum atomic E-state index is -0.00570. The predicted octanol–water partition coefficient (Wildman–Crippen LogP) is 3.15. The number of amides is 1. The van der Waals surface area contributed by atoms with E-state index in [0.29, 0.717) is 37.5 Å². The van der Waals surface area contributed by atoms with Gasteiger partial charge >= 0.3 is 0 Å². The summed E-state index contributed by atoms with van der Waals surface area (Å²) in [6.45, 7) is 11.2. The first-order chi connectivity index (χ1) is 11.0. The number of carbonyl (C=O) groups excluding carboxylic acids is 1. The normalized spacial score (nSPS) is 14.2. The highest BCUT2D eigenvalue weighted by molar-refractivity contribution is 5.92. The molecule has 1 aliphatic heterocycles. The van der Waals surface area contributed by atoms with Crippen molar-refractivity contribution in [1.29, 1.82) is 0 Å². The lowest BCUT2D eigenvalue weighted by Gasteiger charge is -2.27. The Morgan fingerprint density at radius 3 is 2.52 bits per heavy atom. The maximum Gasteiger partial charge on any atom is 0.238 e. The molecule has 0 unspecified atom stereocenters. The van der Waals surface area contributed by atoms with Gasteiger partial charge in [0.2, 0.25) is 5.91 Å². The lowest BCUT2D eigenvalue weighted by atomic mass is 10.2. The Kier molecular flexibility index (Phi) is 6.28. The summed E-state index contributed by atoms with van der Waals surface area (Å²) in [5, 5.41) is 2.95. The van der Waals surface area contributed by atoms with Crippen molar-refractivity contribution in [2.45, 2.75) is 40.2 Å². The van der Waals surface area contributed by atoms with Gasteiger partial charge in [-0.15, -0.1) is 0 Å². The molecule has 0 radical (unpaired) electrons. The summed E-state index contributed by atoms with van der Waals surface area (Å²) < 4.78 is 11.3. The molecule has 1 N–H and O–H groups in total. The first-order valence-corrected chi connectivity index (χ1v) is 8.39.